The van der Waals surface area contributed by atoms with E-state index >= 15 is 0 Å². The first-order valence-electron chi connectivity index (χ1n) is 5.24. The number of rotatable bonds is 5. The number of carbonyl (C=O) groups is 1. The molecule has 0 saturated carbocycles. The number of terminal acetylenes is 1. The lowest BCUT2D eigenvalue weighted by molar-refractivity contribution is 0.0955. The van der Waals surface area contributed by atoms with Gasteiger partial charge in [-0.3, -0.25) is 4.79 Å². The maximum atomic E-state index is 11.8. The summed E-state index contributed by atoms with van der Waals surface area (Å²) in [6.45, 7) is 2.29. The largest absolute Gasteiger partial charge is 0.508 e. The Kier molecular flexibility index (Phi) is 5.44. The number of amides is 1. The average molecular weight is 249 g/mol. The van der Waals surface area contributed by atoms with E-state index in [4.69, 9.17) is 6.42 Å². The van der Waals surface area contributed by atoms with Gasteiger partial charge in [0.05, 0.1) is 5.75 Å². The minimum Gasteiger partial charge on any atom is -0.508 e. The summed E-state index contributed by atoms with van der Waals surface area (Å²) in [6.07, 6.45) is 5.11. The van der Waals surface area contributed by atoms with Gasteiger partial charge in [-0.2, -0.15) is 0 Å². The van der Waals surface area contributed by atoms with Gasteiger partial charge in [0.1, 0.15) is 5.75 Å². The second kappa shape index (κ2) is 6.87. The highest BCUT2D eigenvalue weighted by atomic mass is 32.2. The van der Waals surface area contributed by atoms with Crippen LogP contribution in [0.3, 0.4) is 0 Å². The van der Waals surface area contributed by atoms with E-state index in [0.717, 1.165) is 5.75 Å². The van der Waals surface area contributed by atoms with Gasteiger partial charge in [0.15, 0.2) is 0 Å². The van der Waals surface area contributed by atoms with E-state index < -0.39 is 0 Å². The summed E-state index contributed by atoms with van der Waals surface area (Å²) >= 11 is 1.60. The molecule has 0 heterocycles. The van der Waals surface area contributed by atoms with Gasteiger partial charge in [-0.05, 0) is 19.1 Å². The number of thioether (sulfide) groups is 1. The van der Waals surface area contributed by atoms with Crippen molar-refractivity contribution >= 4 is 17.7 Å². The molecule has 0 aliphatic rings. The van der Waals surface area contributed by atoms with E-state index in [0.29, 0.717) is 23.4 Å². The molecule has 1 aromatic rings. The zero-order chi connectivity index (χ0) is 12.7. The molecule has 0 unspecified atom stereocenters. The Hall–Kier alpha value is -1.60. The normalized spacial score (nSPS) is 9.65. The van der Waals surface area contributed by atoms with Crippen molar-refractivity contribution in [1.82, 2.24) is 5.32 Å². The predicted octanol–water partition coefficient (Wildman–Crippen LogP) is 1.80. The molecule has 0 aliphatic heterocycles. The minimum absolute atomic E-state index is 0.138. The van der Waals surface area contributed by atoms with Gasteiger partial charge in [-0.1, -0.05) is 12.0 Å². The molecule has 0 saturated heterocycles. The summed E-state index contributed by atoms with van der Waals surface area (Å²) in [5.74, 6) is 3.93. The van der Waals surface area contributed by atoms with E-state index in [1.807, 2.05) is 0 Å². The number of nitrogens with one attached hydrogen (secondary N) is 1. The van der Waals surface area contributed by atoms with E-state index in [9.17, 15) is 9.90 Å². The molecule has 0 aliphatic carbocycles. The van der Waals surface area contributed by atoms with E-state index in [2.05, 4.69) is 11.2 Å². The van der Waals surface area contributed by atoms with Gasteiger partial charge in [-0.15, -0.1) is 18.2 Å². The summed E-state index contributed by atoms with van der Waals surface area (Å²) in [5.41, 5.74) is 1.10. The minimum atomic E-state index is -0.167. The molecule has 3 nitrogen and oxygen atoms in total. The van der Waals surface area contributed by atoms with Crippen LogP contribution in [-0.4, -0.2) is 29.1 Å². The molecule has 2 N–H and O–H groups in total. The third-order valence-corrected chi connectivity index (χ3v) is 3.13. The fraction of sp³-hybridized carbons (Fsp3) is 0.308. The fourth-order valence-corrected chi connectivity index (χ4v) is 1.84. The molecule has 0 atom stereocenters. The highest BCUT2D eigenvalue weighted by Gasteiger charge is 2.10. The first-order chi connectivity index (χ1) is 8.16. The van der Waals surface area contributed by atoms with Crippen molar-refractivity contribution < 1.29 is 9.90 Å². The summed E-state index contributed by atoms with van der Waals surface area (Å²) < 4.78 is 0. The van der Waals surface area contributed by atoms with Gasteiger partial charge in [0.25, 0.3) is 5.91 Å². The number of carbonyl (C=O) groups excluding carboxylic acids is 1. The van der Waals surface area contributed by atoms with Crippen molar-refractivity contribution in [2.75, 3.05) is 18.1 Å². The zero-order valence-corrected chi connectivity index (χ0v) is 10.5. The SMILES string of the molecule is C#CCSCCNC(=O)c1cccc(O)c1C. The lowest BCUT2D eigenvalue weighted by Crippen LogP contribution is -2.26. The number of aromatic hydroxyl groups is 1. The maximum Gasteiger partial charge on any atom is 0.251 e. The maximum absolute atomic E-state index is 11.8. The molecular weight excluding hydrogens is 234 g/mol. The molecule has 1 aromatic carbocycles. The Bertz CT molecular complexity index is 438. The van der Waals surface area contributed by atoms with Crippen LogP contribution in [0, 0.1) is 19.3 Å². The Morgan fingerprint density at radius 3 is 3.06 bits per heavy atom. The van der Waals surface area contributed by atoms with Gasteiger partial charge < -0.3 is 10.4 Å². The van der Waals surface area contributed by atoms with Crippen LogP contribution in [0.4, 0.5) is 0 Å². The first kappa shape index (κ1) is 13.5. The second-order valence-corrected chi connectivity index (χ2v) is 4.57. The van der Waals surface area contributed by atoms with E-state index in [1.54, 1.807) is 36.9 Å². The third-order valence-electron chi connectivity index (χ3n) is 2.27. The van der Waals surface area contributed by atoms with Crippen LogP contribution < -0.4 is 5.32 Å². The van der Waals surface area contributed by atoms with Crippen molar-refractivity contribution in [2.24, 2.45) is 0 Å². The molecule has 0 spiro atoms. The molecule has 0 radical (unpaired) electrons. The predicted molar refractivity (Wildman–Crippen MR) is 71.3 cm³/mol. The second-order valence-electron chi connectivity index (χ2n) is 3.46. The standard InChI is InChI=1S/C13H15NO2S/c1-3-8-17-9-7-14-13(16)11-5-4-6-12(15)10(11)2/h1,4-6,15H,7-9H2,2H3,(H,14,16). The smallest absolute Gasteiger partial charge is 0.251 e. The molecule has 1 rings (SSSR count). The molecule has 4 heteroatoms. The van der Waals surface area contributed by atoms with Gasteiger partial charge in [0, 0.05) is 23.4 Å². The lowest BCUT2D eigenvalue weighted by Gasteiger charge is -2.08. The Labute approximate surface area is 106 Å². The summed E-state index contributed by atoms with van der Waals surface area (Å²) in [6, 6.07) is 4.91. The van der Waals surface area contributed by atoms with Gasteiger partial charge in [-0.25, -0.2) is 0 Å². The van der Waals surface area contributed by atoms with Crippen LogP contribution in [0.5, 0.6) is 5.75 Å². The zero-order valence-electron chi connectivity index (χ0n) is 9.69. The first-order valence-corrected chi connectivity index (χ1v) is 6.40. The van der Waals surface area contributed by atoms with Crippen LogP contribution in [0.1, 0.15) is 15.9 Å². The quantitative estimate of drug-likeness (QED) is 0.618. The number of hydrogen-bond acceptors (Lipinski definition) is 3. The summed E-state index contributed by atoms with van der Waals surface area (Å²) in [4.78, 5) is 11.8. The third kappa shape index (κ3) is 4.04. The summed E-state index contributed by atoms with van der Waals surface area (Å²) in [5, 5.41) is 12.3. The van der Waals surface area contributed by atoms with Crippen LogP contribution in [0.2, 0.25) is 0 Å². The molecule has 0 fully saturated rings. The van der Waals surface area contributed by atoms with Crippen LogP contribution in [0.25, 0.3) is 0 Å². The average Bonchev–Trinajstić information content (AvgIpc) is 2.32. The summed E-state index contributed by atoms with van der Waals surface area (Å²) in [7, 11) is 0. The van der Waals surface area contributed by atoms with Crippen molar-refractivity contribution in [2.45, 2.75) is 6.92 Å². The number of benzene rings is 1. The molecule has 90 valence electrons. The van der Waals surface area contributed by atoms with Crippen molar-refractivity contribution in [3.63, 3.8) is 0 Å². The highest BCUT2D eigenvalue weighted by molar-refractivity contribution is 7.99. The van der Waals surface area contributed by atoms with Crippen molar-refractivity contribution in [1.29, 1.82) is 0 Å². The van der Waals surface area contributed by atoms with Crippen molar-refractivity contribution in [3.8, 4) is 18.1 Å². The van der Waals surface area contributed by atoms with Crippen LogP contribution in [-0.2, 0) is 0 Å². The molecule has 17 heavy (non-hydrogen) atoms. The Morgan fingerprint density at radius 2 is 2.35 bits per heavy atom. The van der Waals surface area contributed by atoms with Gasteiger partial charge >= 0.3 is 0 Å². The van der Waals surface area contributed by atoms with Crippen LogP contribution in [0.15, 0.2) is 18.2 Å². The monoisotopic (exact) mass is 249 g/mol. The van der Waals surface area contributed by atoms with E-state index in [1.165, 1.54) is 0 Å². The Balaban J connectivity index is 2.48. The van der Waals surface area contributed by atoms with Crippen LogP contribution >= 0.6 is 11.8 Å². The van der Waals surface area contributed by atoms with E-state index in [-0.39, 0.29) is 11.7 Å². The molecular formula is C13H15NO2S. The topological polar surface area (TPSA) is 49.3 Å². The number of phenolic OH excluding ortho intramolecular Hbond substituents is 1. The fourth-order valence-electron chi connectivity index (χ4n) is 1.33. The highest BCUT2D eigenvalue weighted by Crippen LogP contribution is 2.19. The lowest BCUT2D eigenvalue weighted by atomic mass is 10.1. The number of phenols is 1. The Morgan fingerprint density at radius 1 is 1.59 bits per heavy atom. The molecule has 1 amide bonds. The van der Waals surface area contributed by atoms with Gasteiger partial charge in [0.2, 0.25) is 0 Å². The molecule has 0 bridgehead atoms. The number of hydrogen-bond donors (Lipinski definition) is 2. The van der Waals surface area contributed by atoms with Crippen molar-refractivity contribution in [3.05, 3.63) is 29.3 Å². The molecule has 0 aromatic heterocycles.